The highest BCUT2D eigenvalue weighted by Gasteiger charge is 2.03. The van der Waals surface area contributed by atoms with Crippen molar-refractivity contribution in [3.05, 3.63) is 33.8 Å². The second-order valence-electron chi connectivity index (χ2n) is 3.39. The molecule has 3 nitrogen and oxygen atoms in total. The standard InChI is InChI=1S/C11H13Cl2NO2/c12-9-4-1-3-8(11(9)13)7-14-6-2-5-10(15)16/h1,3-4,14H,2,5-7H2,(H,15,16). The van der Waals surface area contributed by atoms with E-state index in [-0.39, 0.29) is 6.42 Å². The maximum absolute atomic E-state index is 10.3. The van der Waals surface area contributed by atoms with Crippen molar-refractivity contribution in [2.75, 3.05) is 6.54 Å². The van der Waals surface area contributed by atoms with E-state index in [1.807, 2.05) is 12.1 Å². The summed E-state index contributed by atoms with van der Waals surface area (Å²) >= 11 is 11.8. The topological polar surface area (TPSA) is 49.3 Å². The number of rotatable bonds is 6. The number of aliphatic carboxylic acids is 1. The van der Waals surface area contributed by atoms with Crippen LogP contribution in [0.5, 0.6) is 0 Å². The Morgan fingerprint density at radius 1 is 1.38 bits per heavy atom. The minimum Gasteiger partial charge on any atom is -0.481 e. The molecule has 0 aliphatic carbocycles. The molecule has 1 aromatic rings. The van der Waals surface area contributed by atoms with Gasteiger partial charge in [-0.25, -0.2) is 0 Å². The lowest BCUT2D eigenvalue weighted by atomic mass is 10.2. The lowest BCUT2D eigenvalue weighted by molar-refractivity contribution is -0.137. The zero-order valence-electron chi connectivity index (χ0n) is 8.67. The second kappa shape index (κ2) is 6.74. The van der Waals surface area contributed by atoms with E-state index in [0.29, 0.717) is 29.6 Å². The lowest BCUT2D eigenvalue weighted by Gasteiger charge is -2.06. The maximum Gasteiger partial charge on any atom is 0.303 e. The molecule has 0 aliphatic heterocycles. The Kier molecular flexibility index (Phi) is 5.60. The molecule has 2 N–H and O–H groups in total. The molecule has 0 fully saturated rings. The molecule has 0 spiro atoms. The van der Waals surface area contributed by atoms with Gasteiger partial charge in [-0.05, 0) is 24.6 Å². The zero-order chi connectivity index (χ0) is 12.0. The van der Waals surface area contributed by atoms with E-state index < -0.39 is 5.97 Å². The van der Waals surface area contributed by atoms with Crippen LogP contribution in [0.15, 0.2) is 18.2 Å². The molecular formula is C11H13Cl2NO2. The van der Waals surface area contributed by atoms with Gasteiger partial charge in [-0.1, -0.05) is 35.3 Å². The van der Waals surface area contributed by atoms with Gasteiger partial charge in [0.25, 0.3) is 0 Å². The largest absolute Gasteiger partial charge is 0.481 e. The average molecular weight is 262 g/mol. The first-order chi connectivity index (χ1) is 7.61. The average Bonchev–Trinajstić information content (AvgIpc) is 2.23. The van der Waals surface area contributed by atoms with Crippen LogP contribution in [0.1, 0.15) is 18.4 Å². The lowest BCUT2D eigenvalue weighted by Crippen LogP contribution is -2.16. The predicted molar refractivity (Wildman–Crippen MR) is 65.0 cm³/mol. The van der Waals surface area contributed by atoms with Gasteiger partial charge in [0.05, 0.1) is 10.0 Å². The number of benzene rings is 1. The van der Waals surface area contributed by atoms with Gasteiger partial charge in [0, 0.05) is 13.0 Å². The Labute approximate surface area is 104 Å². The summed E-state index contributed by atoms with van der Waals surface area (Å²) in [7, 11) is 0. The van der Waals surface area contributed by atoms with E-state index in [4.69, 9.17) is 28.3 Å². The van der Waals surface area contributed by atoms with Crippen molar-refractivity contribution in [2.24, 2.45) is 0 Å². The van der Waals surface area contributed by atoms with Gasteiger partial charge in [-0.2, -0.15) is 0 Å². The van der Waals surface area contributed by atoms with E-state index >= 15 is 0 Å². The van der Waals surface area contributed by atoms with Crippen LogP contribution in [-0.4, -0.2) is 17.6 Å². The molecule has 1 aromatic carbocycles. The molecule has 0 saturated carbocycles. The number of carboxylic acid groups (broad SMARTS) is 1. The second-order valence-corrected chi connectivity index (χ2v) is 4.17. The van der Waals surface area contributed by atoms with Crippen LogP contribution in [0.2, 0.25) is 10.0 Å². The summed E-state index contributed by atoms with van der Waals surface area (Å²) < 4.78 is 0. The highest BCUT2D eigenvalue weighted by molar-refractivity contribution is 6.42. The number of halogens is 2. The van der Waals surface area contributed by atoms with Crippen molar-refractivity contribution in [3.63, 3.8) is 0 Å². The normalized spacial score (nSPS) is 10.4. The minimum absolute atomic E-state index is 0.177. The third kappa shape index (κ3) is 4.39. The molecule has 0 radical (unpaired) electrons. The molecule has 5 heteroatoms. The fourth-order valence-electron chi connectivity index (χ4n) is 1.27. The van der Waals surface area contributed by atoms with Gasteiger partial charge < -0.3 is 10.4 Å². The highest BCUT2D eigenvalue weighted by Crippen LogP contribution is 2.25. The fraction of sp³-hybridized carbons (Fsp3) is 0.364. The summed E-state index contributed by atoms with van der Waals surface area (Å²) in [6.07, 6.45) is 0.782. The molecular weight excluding hydrogens is 249 g/mol. The third-order valence-corrected chi connectivity index (χ3v) is 2.95. The van der Waals surface area contributed by atoms with Crippen LogP contribution in [0.3, 0.4) is 0 Å². The molecule has 1 rings (SSSR count). The molecule has 16 heavy (non-hydrogen) atoms. The van der Waals surface area contributed by atoms with Gasteiger partial charge in [-0.15, -0.1) is 0 Å². The van der Waals surface area contributed by atoms with Gasteiger partial charge in [0.15, 0.2) is 0 Å². The van der Waals surface area contributed by atoms with E-state index in [0.717, 1.165) is 5.56 Å². The van der Waals surface area contributed by atoms with Gasteiger partial charge in [0.1, 0.15) is 0 Å². The zero-order valence-corrected chi connectivity index (χ0v) is 10.2. The summed E-state index contributed by atoms with van der Waals surface area (Å²) in [5.74, 6) is -0.775. The Balaban J connectivity index is 2.32. The monoisotopic (exact) mass is 261 g/mol. The summed E-state index contributed by atoms with van der Waals surface area (Å²) in [4.78, 5) is 10.3. The Bertz CT molecular complexity index is 369. The third-order valence-electron chi connectivity index (χ3n) is 2.09. The van der Waals surface area contributed by atoms with Crippen LogP contribution in [0.25, 0.3) is 0 Å². The first-order valence-electron chi connectivity index (χ1n) is 4.96. The van der Waals surface area contributed by atoms with Crippen molar-refractivity contribution in [1.29, 1.82) is 0 Å². The van der Waals surface area contributed by atoms with E-state index in [9.17, 15) is 4.79 Å². The predicted octanol–water partition coefficient (Wildman–Crippen LogP) is 2.95. The Morgan fingerprint density at radius 2 is 2.12 bits per heavy atom. The van der Waals surface area contributed by atoms with Crippen molar-refractivity contribution in [1.82, 2.24) is 5.32 Å². The fourth-order valence-corrected chi connectivity index (χ4v) is 1.66. The van der Waals surface area contributed by atoms with Gasteiger partial charge >= 0.3 is 5.97 Å². The molecule has 0 aliphatic rings. The Hall–Kier alpha value is -0.770. The van der Waals surface area contributed by atoms with E-state index in [1.165, 1.54) is 0 Å². The number of hydrogen-bond acceptors (Lipinski definition) is 2. The van der Waals surface area contributed by atoms with E-state index in [1.54, 1.807) is 6.07 Å². The Morgan fingerprint density at radius 3 is 2.81 bits per heavy atom. The van der Waals surface area contributed by atoms with Gasteiger partial charge in [0.2, 0.25) is 0 Å². The molecule has 88 valence electrons. The van der Waals surface area contributed by atoms with E-state index in [2.05, 4.69) is 5.32 Å². The summed E-state index contributed by atoms with van der Waals surface area (Å²) in [6, 6.07) is 5.46. The molecule has 0 unspecified atom stereocenters. The quantitative estimate of drug-likeness (QED) is 0.775. The molecule has 0 bridgehead atoms. The van der Waals surface area contributed by atoms with Crippen LogP contribution in [-0.2, 0) is 11.3 Å². The number of nitrogens with one attached hydrogen (secondary N) is 1. The molecule has 0 aromatic heterocycles. The molecule has 0 amide bonds. The van der Waals surface area contributed by atoms with Crippen molar-refractivity contribution < 1.29 is 9.90 Å². The number of carbonyl (C=O) groups is 1. The van der Waals surface area contributed by atoms with Crippen LogP contribution in [0.4, 0.5) is 0 Å². The van der Waals surface area contributed by atoms with Crippen LogP contribution >= 0.6 is 23.2 Å². The number of hydrogen-bond donors (Lipinski definition) is 2. The summed E-state index contributed by atoms with van der Waals surface area (Å²) in [5.41, 5.74) is 0.921. The number of carboxylic acids is 1. The SMILES string of the molecule is O=C(O)CCCNCc1cccc(Cl)c1Cl. The smallest absolute Gasteiger partial charge is 0.303 e. The first-order valence-corrected chi connectivity index (χ1v) is 5.72. The molecule has 0 saturated heterocycles. The molecule has 0 heterocycles. The first kappa shape index (κ1) is 13.3. The minimum atomic E-state index is -0.775. The van der Waals surface area contributed by atoms with Crippen molar-refractivity contribution in [3.8, 4) is 0 Å². The van der Waals surface area contributed by atoms with Crippen LogP contribution < -0.4 is 5.32 Å². The highest BCUT2D eigenvalue weighted by atomic mass is 35.5. The van der Waals surface area contributed by atoms with Gasteiger partial charge in [-0.3, -0.25) is 4.79 Å². The molecule has 0 atom stereocenters. The summed E-state index contributed by atoms with van der Waals surface area (Å²) in [5, 5.41) is 12.6. The van der Waals surface area contributed by atoms with Crippen molar-refractivity contribution >= 4 is 29.2 Å². The van der Waals surface area contributed by atoms with Crippen LogP contribution in [0, 0.1) is 0 Å². The van der Waals surface area contributed by atoms with Crippen molar-refractivity contribution in [2.45, 2.75) is 19.4 Å². The summed E-state index contributed by atoms with van der Waals surface area (Å²) in [6.45, 7) is 1.24. The maximum atomic E-state index is 10.3.